The molecule has 2 saturated carbocycles. The second-order valence-corrected chi connectivity index (χ2v) is 7.13. The quantitative estimate of drug-likeness (QED) is 0.380. The first-order chi connectivity index (χ1) is 14.8. The van der Waals surface area contributed by atoms with Gasteiger partial charge in [-0.15, -0.1) is 0 Å². The minimum atomic E-state index is -0.764. The summed E-state index contributed by atoms with van der Waals surface area (Å²) < 4.78 is 41.0. The normalized spacial score (nSPS) is 22.8. The molecular formula is C22H25F2NO6. The topological polar surface area (TPSA) is 105 Å². The van der Waals surface area contributed by atoms with Crippen molar-refractivity contribution in [3.05, 3.63) is 60.7 Å². The Labute approximate surface area is 178 Å². The van der Waals surface area contributed by atoms with Crippen LogP contribution < -0.4 is 5.73 Å². The fourth-order valence-electron chi connectivity index (χ4n) is 3.78. The smallest absolute Gasteiger partial charge is 0.404 e. The van der Waals surface area contributed by atoms with E-state index in [4.69, 9.17) is 9.47 Å². The number of benzene rings is 1. The molecule has 1 aromatic rings. The van der Waals surface area contributed by atoms with Crippen LogP contribution in [0, 0.1) is 35.3 Å². The van der Waals surface area contributed by atoms with Gasteiger partial charge in [0.1, 0.15) is 31.5 Å². The molecule has 2 aliphatic rings. The molecule has 1 aromatic carbocycles. The summed E-state index contributed by atoms with van der Waals surface area (Å²) in [5.74, 6) is -2.53. The molecule has 31 heavy (non-hydrogen) atoms. The molecule has 0 aliphatic heterocycles. The molecule has 0 spiro atoms. The van der Waals surface area contributed by atoms with Gasteiger partial charge in [0.05, 0.1) is 11.8 Å². The molecule has 3 rings (SSSR count). The number of nitrogens with two attached hydrogens (primary N) is 1. The number of halogens is 2. The number of hydrogen-bond donors (Lipinski definition) is 1. The Balaban J connectivity index is 0.000000423. The summed E-state index contributed by atoms with van der Waals surface area (Å²) in [6.45, 7) is 6.81. The number of esters is 2. The van der Waals surface area contributed by atoms with E-state index in [1.54, 1.807) is 0 Å². The van der Waals surface area contributed by atoms with E-state index in [9.17, 15) is 23.2 Å². The summed E-state index contributed by atoms with van der Waals surface area (Å²) in [6.07, 6.45) is 3.59. The van der Waals surface area contributed by atoms with Gasteiger partial charge in [0, 0.05) is 5.56 Å². The van der Waals surface area contributed by atoms with Crippen molar-refractivity contribution >= 4 is 18.0 Å². The predicted octanol–water partition coefficient (Wildman–Crippen LogP) is 3.28. The van der Waals surface area contributed by atoms with E-state index < -0.39 is 23.7 Å². The van der Waals surface area contributed by atoms with E-state index in [1.807, 2.05) is 0 Å². The molecule has 0 aromatic heterocycles. The predicted molar refractivity (Wildman–Crippen MR) is 106 cm³/mol. The van der Waals surface area contributed by atoms with E-state index in [-0.39, 0.29) is 55.0 Å². The van der Waals surface area contributed by atoms with Crippen LogP contribution in [-0.4, -0.2) is 31.2 Å². The van der Waals surface area contributed by atoms with Crippen LogP contribution in [0.3, 0.4) is 0 Å². The van der Waals surface area contributed by atoms with E-state index in [0.29, 0.717) is 6.42 Å². The Morgan fingerprint density at radius 3 is 2.32 bits per heavy atom. The Morgan fingerprint density at radius 1 is 1.03 bits per heavy atom. The first-order valence-electron chi connectivity index (χ1n) is 9.71. The molecule has 0 bridgehead atoms. The second-order valence-electron chi connectivity index (χ2n) is 7.13. The molecule has 0 radical (unpaired) electrons. The van der Waals surface area contributed by atoms with E-state index in [0.717, 1.165) is 24.6 Å². The molecule has 168 valence electrons. The molecule has 2 fully saturated rings. The van der Waals surface area contributed by atoms with Crippen LogP contribution >= 0.6 is 0 Å². The molecule has 9 heteroatoms. The van der Waals surface area contributed by atoms with Gasteiger partial charge in [0.2, 0.25) is 0 Å². The van der Waals surface area contributed by atoms with Crippen molar-refractivity contribution in [3.63, 3.8) is 0 Å². The maximum atomic E-state index is 13.5. The van der Waals surface area contributed by atoms with E-state index in [2.05, 4.69) is 23.6 Å². The highest BCUT2D eigenvalue weighted by atomic mass is 19.1. The van der Waals surface area contributed by atoms with Gasteiger partial charge in [-0.2, -0.15) is 0 Å². The van der Waals surface area contributed by atoms with Crippen LogP contribution in [0.1, 0.15) is 18.4 Å². The van der Waals surface area contributed by atoms with Crippen molar-refractivity contribution in [2.75, 3.05) is 13.2 Å². The largest absolute Gasteiger partial charge is 0.461 e. The first-order valence-corrected chi connectivity index (χ1v) is 9.71. The number of amides is 1. The fraction of sp³-hybridized carbons (Fsp3) is 0.409. The lowest BCUT2D eigenvalue weighted by Crippen LogP contribution is -2.21. The van der Waals surface area contributed by atoms with Gasteiger partial charge in [-0.3, -0.25) is 9.59 Å². The summed E-state index contributed by atoms with van der Waals surface area (Å²) in [4.78, 5) is 33.8. The Morgan fingerprint density at radius 2 is 1.71 bits per heavy atom. The highest BCUT2D eigenvalue weighted by Crippen LogP contribution is 2.61. The average molecular weight is 437 g/mol. The minimum Gasteiger partial charge on any atom is -0.461 e. The number of carbonyl (C=O) groups excluding carboxylic acids is 3. The van der Waals surface area contributed by atoms with Crippen molar-refractivity contribution in [2.45, 2.75) is 19.4 Å². The summed E-state index contributed by atoms with van der Waals surface area (Å²) in [6, 6.07) is 3.01. The van der Waals surface area contributed by atoms with Crippen LogP contribution in [0.4, 0.5) is 13.6 Å². The SMILES string of the molecule is C=CCOC(=O)C1C2CCC(C(=O)OCc3cc(F)ccc3F)C21.C=CCOC(N)=O. The highest BCUT2D eigenvalue weighted by Gasteiger charge is 2.64. The first kappa shape index (κ1) is 24.0. The third kappa shape index (κ3) is 6.63. The maximum Gasteiger partial charge on any atom is 0.404 e. The van der Waals surface area contributed by atoms with Crippen molar-refractivity contribution in [1.29, 1.82) is 0 Å². The highest BCUT2D eigenvalue weighted by molar-refractivity contribution is 5.81. The minimum absolute atomic E-state index is 0.00404. The molecule has 7 nitrogen and oxygen atoms in total. The van der Waals surface area contributed by atoms with Gasteiger partial charge in [-0.25, -0.2) is 13.6 Å². The third-order valence-electron chi connectivity index (χ3n) is 5.14. The van der Waals surface area contributed by atoms with Crippen LogP contribution in [0.15, 0.2) is 43.5 Å². The second kappa shape index (κ2) is 11.2. The summed E-state index contributed by atoms with van der Waals surface area (Å²) in [5.41, 5.74) is 4.57. The van der Waals surface area contributed by atoms with Crippen molar-refractivity contribution in [3.8, 4) is 0 Å². The molecular weight excluding hydrogens is 412 g/mol. The van der Waals surface area contributed by atoms with Crippen molar-refractivity contribution < 1.29 is 37.4 Å². The number of primary amides is 1. The molecule has 2 N–H and O–H groups in total. The zero-order valence-corrected chi connectivity index (χ0v) is 16.9. The third-order valence-corrected chi connectivity index (χ3v) is 5.14. The van der Waals surface area contributed by atoms with Crippen LogP contribution in [0.2, 0.25) is 0 Å². The lowest BCUT2D eigenvalue weighted by molar-refractivity contribution is -0.151. The van der Waals surface area contributed by atoms with Crippen molar-refractivity contribution in [1.82, 2.24) is 0 Å². The number of ether oxygens (including phenoxy) is 3. The molecule has 4 unspecified atom stereocenters. The fourth-order valence-corrected chi connectivity index (χ4v) is 3.78. The maximum absolute atomic E-state index is 13.5. The number of carbonyl (C=O) groups is 3. The average Bonchev–Trinajstić information content (AvgIpc) is 3.30. The van der Waals surface area contributed by atoms with Gasteiger partial charge in [-0.1, -0.05) is 25.3 Å². The molecule has 4 atom stereocenters. The van der Waals surface area contributed by atoms with Crippen molar-refractivity contribution in [2.24, 2.45) is 29.4 Å². The van der Waals surface area contributed by atoms with Gasteiger partial charge in [0.25, 0.3) is 0 Å². The van der Waals surface area contributed by atoms with Crippen LogP contribution in [-0.2, 0) is 30.4 Å². The Hall–Kier alpha value is -3.23. The Bertz CT molecular complexity index is 843. The van der Waals surface area contributed by atoms with Gasteiger partial charge < -0.3 is 19.9 Å². The summed E-state index contributed by atoms with van der Waals surface area (Å²) >= 11 is 0. The van der Waals surface area contributed by atoms with Gasteiger partial charge >= 0.3 is 18.0 Å². The van der Waals surface area contributed by atoms with Gasteiger partial charge in [0.15, 0.2) is 0 Å². The van der Waals surface area contributed by atoms with Crippen LogP contribution in [0.5, 0.6) is 0 Å². The van der Waals surface area contributed by atoms with E-state index >= 15 is 0 Å². The number of hydrogen-bond acceptors (Lipinski definition) is 6. The monoisotopic (exact) mass is 437 g/mol. The molecule has 2 aliphatic carbocycles. The zero-order chi connectivity index (χ0) is 23.0. The lowest BCUT2D eigenvalue weighted by atomic mass is 10.00. The van der Waals surface area contributed by atoms with Gasteiger partial charge in [-0.05, 0) is 42.9 Å². The zero-order valence-electron chi connectivity index (χ0n) is 16.9. The number of rotatable bonds is 8. The molecule has 0 heterocycles. The van der Waals surface area contributed by atoms with E-state index in [1.165, 1.54) is 12.2 Å². The standard InChI is InChI=1S/C18H18F2O4.C4H7NO2/c1-2-7-23-18(22)16-12-4-5-13(15(12)16)17(21)24-9-10-8-11(19)3-6-14(10)20;1-2-3-7-4(5)6/h2-3,6,8,12-13,15-16H,1,4-5,7,9H2;2H,1,3H2,(H2,5,6). The Kier molecular flexibility index (Phi) is 8.72. The molecule has 1 amide bonds. The lowest BCUT2D eigenvalue weighted by Gasteiger charge is -2.14. The number of fused-ring (bicyclic) bond motifs is 1. The molecule has 0 saturated heterocycles. The summed E-state index contributed by atoms with van der Waals surface area (Å²) in [5, 5.41) is 0. The summed E-state index contributed by atoms with van der Waals surface area (Å²) in [7, 11) is 0. The van der Waals surface area contributed by atoms with Crippen LogP contribution in [0.25, 0.3) is 0 Å².